The van der Waals surface area contributed by atoms with Gasteiger partial charge in [0.2, 0.25) is 5.91 Å². The van der Waals surface area contributed by atoms with E-state index in [1.165, 1.54) is 4.88 Å². The Balaban J connectivity index is 1.42. The number of benzene rings is 1. The van der Waals surface area contributed by atoms with Crippen LogP contribution in [0.2, 0.25) is 0 Å². The Hall–Kier alpha value is -1.17. The van der Waals surface area contributed by atoms with E-state index in [0.29, 0.717) is 6.42 Å². The molecule has 3 rings (SSSR count). The molecule has 1 fully saturated rings. The number of carbonyl (C=O) groups is 1. The molecule has 2 heterocycles. The summed E-state index contributed by atoms with van der Waals surface area (Å²) in [5, 5.41) is 2.13. The Labute approximate surface area is 150 Å². The second-order valence-corrected chi connectivity index (χ2v) is 7.80. The summed E-state index contributed by atoms with van der Waals surface area (Å²) < 4.78 is 1.05. The van der Waals surface area contributed by atoms with Gasteiger partial charge in [-0.05, 0) is 35.6 Å². The largest absolute Gasteiger partial charge is 0.340 e. The van der Waals surface area contributed by atoms with Crippen LogP contribution in [-0.4, -0.2) is 48.4 Å². The second-order valence-electron chi connectivity index (χ2n) is 5.86. The SMILES string of the molecule is O=C(Cc1ccc(Br)cc1)N1CCN(CCc2cccs2)CC1. The van der Waals surface area contributed by atoms with Crippen molar-refractivity contribution in [3.05, 3.63) is 56.7 Å². The zero-order valence-corrected chi connectivity index (χ0v) is 15.5. The smallest absolute Gasteiger partial charge is 0.227 e. The van der Waals surface area contributed by atoms with Crippen LogP contribution in [-0.2, 0) is 17.6 Å². The molecule has 0 spiro atoms. The van der Waals surface area contributed by atoms with E-state index in [4.69, 9.17) is 0 Å². The van der Waals surface area contributed by atoms with Gasteiger partial charge in [-0.1, -0.05) is 34.1 Å². The molecular weight excluding hydrogens is 372 g/mol. The molecule has 0 atom stereocenters. The fourth-order valence-electron chi connectivity index (χ4n) is 2.83. The van der Waals surface area contributed by atoms with Crippen molar-refractivity contribution in [2.75, 3.05) is 32.7 Å². The molecule has 1 aliphatic heterocycles. The number of amides is 1. The van der Waals surface area contributed by atoms with Crippen LogP contribution in [0.1, 0.15) is 10.4 Å². The summed E-state index contributed by atoms with van der Waals surface area (Å²) in [6.07, 6.45) is 1.62. The van der Waals surface area contributed by atoms with Crippen LogP contribution < -0.4 is 0 Å². The molecular formula is C18H21BrN2OS. The standard InChI is InChI=1S/C18H21BrN2OS/c19-16-5-3-15(4-6-16)14-18(22)21-11-9-20(10-12-21)8-7-17-2-1-13-23-17/h1-6,13H,7-12,14H2. The van der Waals surface area contributed by atoms with E-state index in [9.17, 15) is 4.79 Å². The molecule has 0 unspecified atom stereocenters. The molecule has 2 aromatic rings. The van der Waals surface area contributed by atoms with Crippen LogP contribution in [0.3, 0.4) is 0 Å². The first-order chi connectivity index (χ1) is 11.2. The van der Waals surface area contributed by atoms with Crippen molar-refractivity contribution >= 4 is 33.2 Å². The Morgan fingerprint density at radius 2 is 1.83 bits per heavy atom. The van der Waals surface area contributed by atoms with Gasteiger partial charge in [-0.2, -0.15) is 0 Å². The third kappa shape index (κ3) is 4.90. The maximum Gasteiger partial charge on any atom is 0.227 e. The van der Waals surface area contributed by atoms with Crippen molar-refractivity contribution < 1.29 is 4.79 Å². The number of halogens is 1. The zero-order chi connectivity index (χ0) is 16.1. The average Bonchev–Trinajstić information content (AvgIpc) is 3.09. The van der Waals surface area contributed by atoms with Crippen molar-refractivity contribution in [1.29, 1.82) is 0 Å². The van der Waals surface area contributed by atoms with Gasteiger partial charge >= 0.3 is 0 Å². The second kappa shape index (κ2) is 8.08. The summed E-state index contributed by atoms with van der Waals surface area (Å²) in [7, 11) is 0. The van der Waals surface area contributed by atoms with Gasteiger partial charge in [-0.3, -0.25) is 9.69 Å². The van der Waals surface area contributed by atoms with E-state index in [2.05, 4.69) is 38.3 Å². The van der Waals surface area contributed by atoms with Crippen LogP contribution in [0.15, 0.2) is 46.3 Å². The number of carbonyl (C=O) groups excluding carboxylic acids is 1. The Kier molecular flexibility index (Phi) is 5.86. The van der Waals surface area contributed by atoms with Crippen molar-refractivity contribution in [3.63, 3.8) is 0 Å². The van der Waals surface area contributed by atoms with E-state index >= 15 is 0 Å². The molecule has 5 heteroatoms. The minimum absolute atomic E-state index is 0.241. The number of piperazine rings is 1. The van der Waals surface area contributed by atoms with Crippen molar-refractivity contribution in [3.8, 4) is 0 Å². The van der Waals surface area contributed by atoms with Crippen LogP contribution >= 0.6 is 27.3 Å². The van der Waals surface area contributed by atoms with Crippen LogP contribution in [0.5, 0.6) is 0 Å². The zero-order valence-electron chi connectivity index (χ0n) is 13.1. The van der Waals surface area contributed by atoms with Crippen LogP contribution in [0.4, 0.5) is 0 Å². The monoisotopic (exact) mass is 392 g/mol. The van der Waals surface area contributed by atoms with Gasteiger partial charge in [0.25, 0.3) is 0 Å². The minimum Gasteiger partial charge on any atom is -0.340 e. The third-order valence-corrected chi connectivity index (χ3v) is 5.71. The van der Waals surface area contributed by atoms with Gasteiger partial charge in [0.1, 0.15) is 0 Å². The summed E-state index contributed by atoms with van der Waals surface area (Å²) in [6.45, 7) is 4.75. The van der Waals surface area contributed by atoms with Crippen LogP contribution in [0.25, 0.3) is 0 Å². The van der Waals surface area contributed by atoms with E-state index in [1.807, 2.05) is 40.5 Å². The number of hydrogen-bond acceptors (Lipinski definition) is 3. The maximum atomic E-state index is 12.4. The molecule has 0 bridgehead atoms. The highest BCUT2D eigenvalue weighted by atomic mass is 79.9. The lowest BCUT2D eigenvalue weighted by Crippen LogP contribution is -2.49. The normalized spacial score (nSPS) is 15.8. The van der Waals surface area contributed by atoms with Gasteiger partial charge < -0.3 is 4.90 Å². The van der Waals surface area contributed by atoms with Gasteiger partial charge in [0.05, 0.1) is 6.42 Å². The lowest BCUT2D eigenvalue weighted by Gasteiger charge is -2.34. The van der Waals surface area contributed by atoms with E-state index in [-0.39, 0.29) is 5.91 Å². The topological polar surface area (TPSA) is 23.6 Å². The third-order valence-electron chi connectivity index (χ3n) is 4.25. The summed E-state index contributed by atoms with van der Waals surface area (Å²) in [5.41, 5.74) is 1.08. The molecule has 1 amide bonds. The quantitative estimate of drug-likeness (QED) is 0.777. The number of nitrogens with zero attached hydrogens (tertiary/aromatic N) is 2. The van der Waals surface area contributed by atoms with E-state index in [0.717, 1.165) is 49.2 Å². The summed E-state index contributed by atoms with van der Waals surface area (Å²) in [5.74, 6) is 0.241. The molecule has 1 aromatic carbocycles. The van der Waals surface area contributed by atoms with Gasteiger partial charge in [-0.25, -0.2) is 0 Å². The molecule has 1 saturated heterocycles. The maximum absolute atomic E-state index is 12.4. The number of rotatable bonds is 5. The number of thiophene rings is 1. The fourth-order valence-corrected chi connectivity index (χ4v) is 3.80. The first-order valence-corrected chi connectivity index (χ1v) is 9.65. The van der Waals surface area contributed by atoms with E-state index in [1.54, 1.807) is 0 Å². The number of hydrogen-bond donors (Lipinski definition) is 0. The molecule has 0 N–H and O–H groups in total. The fraction of sp³-hybridized carbons (Fsp3) is 0.389. The van der Waals surface area contributed by atoms with Gasteiger partial charge in [0, 0.05) is 42.1 Å². The van der Waals surface area contributed by atoms with Crippen molar-refractivity contribution in [2.24, 2.45) is 0 Å². The average molecular weight is 393 g/mol. The van der Waals surface area contributed by atoms with Gasteiger partial charge in [-0.15, -0.1) is 11.3 Å². The lowest BCUT2D eigenvalue weighted by atomic mass is 10.1. The predicted molar refractivity (Wildman–Crippen MR) is 98.9 cm³/mol. The Bertz CT molecular complexity index is 619. The lowest BCUT2D eigenvalue weighted by molar-refractivity contribution is -0.132. The molecule has 1 aromatic heterocycles. The molecule has 3 nitrogen and oxygen atoms in total. The highest BCUT2D eigenvalue weighted by Crippen LogP contribution is 2.13. The highest BCUT2D eigenvalue weighted by Gasteiger charge is 2.20. The first kappa shape index (κ1) is 16.7. The molecule has 0 radical (unpaired) electrons. The predicted octanol–water partition coefficient (Wildman–Crippen LogP) is 3.44. The Morgan fingerprint density at radius 1 is 1.09 bits per heavy atom. The minimum atomic E-state index is 0.241. The molecule has 23 heavy (non-hydrogen) atoms. The first-order valence-electron chi connectivity index (χ1n) is 7.98. The summed E-state index contributed by atoms with van der Waals surface area (Å²) in [4.78, 5) is 18.3. The molecule has 0 aliphatic carbocycles. The highest BCUT2D eigenvalue weighted by molar-refractivity contribution is 9.10. The summed E-state index contributed by atoms with van der Waals surface area (Å²) >= 11 is 5.25. The molecule has 122 valence electrons. The van der Waals surface area contributed by atoms with Crippen molar-refractivity contribution in [1.82, 2.24) is 9.80 Å². The molecule has 1 aliphatic rings. The van der Waals surface area contributed by atoms with Crippen molar-refractivity contribution in [2.45, 2.75) is 12.8 Å². The molecule has 0 saturated carbocycles. The Morgan fingerprint density at radius 3 is 2.48 bits per heavy atom. The van der Waals surface area contributed by atoms with Gasteiger partial charge in [0.15, 0.2) is 0 Å². The van der Waals surface area contributed by atoms with Crippen LogP contribution in [0, 0.1) is 0 Å². The van der Waals surface area contributed by atoms with E-state index < -0.39 is 0 Å². The summed E-state index contributed by atoms with van der Waals surface area (Å²) in [6, 6.07) is 12.3.